The fraction of sp³-hybridized carbons (Fsp3) is 0.143. The first kappa shape index (κ1) is 17.5. The Morgan fingerprint density at radius 3 is 2.35 bits per heavy atom. The van der Waals surface area contributed by atoms with Crippen LogP contribution in [0.5, 0.6) is 17.2 Å². The molecule has 3 aromatic rings. The van der Waals surface area contributed by atoms with E-state index in [9.17, 15) is 4.79 Å². The molecule has 0 aliphatic rings. The minimum atomic E-state index is -0.436. The summed E-state index contributed by atoms with van der Waals surface area (Å²) < 4.78 is 16.3. The maximum atomic E-state index is 12.3. The molecule has 0 N–H and O–H groups in total. The number of esters is 1. The van der Waals surface area contributed by atoms with E-state index in [1.54, 1.807) is 55.9 Å². The zero-order valence-electron chi connectivity index (χ0n) is 14.6. The van der Waals surface area contributed by atoms with E-state index in [2.05, 4.69) is 4.98 Å². The molecule has 5 heteroatoms. The van der Waals surface area contributed by atoms with Crippen molar-refractivity contribution < 1.29 is 19.0 Å². The van der Waals surface area contributed by atoms with Crippen molar-refractivity contribution in [2.75, 3.05) is 7.11 Å². The summed E-state index contributed by atoms with van der Waals surface area (Å²) in [6.07, 6.45) is 3.45. The van der Waals surface area contributed by atoms with E-state index in [0.717, 1.165) is 11.1 Å². The molecule has 1 heterocycles. The lowest BCUT2D eigenvalue weighted by atomic mass is 10.1. The van der Waals surface area contributed by atoms with Crippen molar-refractivity contribution in [1.82, 2.24) is 4.98 Å². The van der Waals surface area contributed by atoms with Gasteiger partial charge in [-0.15, -0.1) is 0 Å². The predicted octanol–water partition coefficient (Wildman–Crippen LogP) is 4.20. The van der Waals surface area contributed by atoms with Gasteiger partial charge in [0.15, 0.2) is 0 Å². The molecular weight excluding hydrogens is 330 g/mol. The minimum absolute atomic E-state index is 0.436. The van der Waals surface area contributed by atoms with Crippen LogP contribution in [0.1, 0.15) is 21.5 Å². The van der Waals surface area contributed by atoms with Crippen molar-refractivity contribution in [3.05, 3.63) is 83.7 Å². The van der Waals surface area contributed by atoms with Gasteiger partial charge in [0.2, 0.25) is 0 Å². The number of nitrogens with zero attached hydrogens (tertiary/aromatic N) is 1. The van der Waals surface area contributed by atoms with Crippen LogP contribution >= 0.6 is 0 Å². The normalized spacial score (nSPS) is 10.2. The third kappa shape index (κ3) is 4.39. The second-order valence-electron chi connectivity index (χ2n) is 5.69. The molecule has 26 heavy (non-hydrogen) atoms. The van der Waals surface area contributed by atoms with Crippen LogP contribution in [-0.2, 0) is 6.61 Å². The average Bonchev–Trinajstić information content (AvgIpc) is 2.68. The number of carbonyl (C=O) groups is 1. The monoisotopic (exact) mass is 349 g/mol. The van der Waals surface area contributed by atoms with Gasteiger partial charge >= 0.3 is 5.97 Å². The number of rotatable bonds is 6. The maximum absolute atomic E-state index is 12.3. The van der Waals surface area contributed by atoms with E-state index >= 15 is 0 Å². The number of hydrogen-bond donors (Lipinski definition) is 0. The first-order valence-electron chi connectivity index (χ1n) is 8.14. The summed E-state index contributed by atoms with van der Waals surface area (Å²) in [7, 11) is 1.57. The second kappa shape index (κ2) is 8.16. The van der Waals surface area contributed by atoms with E-state index in [0.29, 0.717) is 29.4 Å². The van der Waals surface area contributed by atoms with E-state index in [1.165, 1.54) is 0 Å². The SMILES string of the molecule is COc1cc(C(=O)Oc2ccc(OCc3ccncc3)cc2)ccc1C. The highest BCUT2D eigenvalue weighted by Crippen LogP contribution is 2.22. The molecule has 1 aromatic heterocycles. The molecule has 5 nitrogen and oxygen atoms in total. The van der Waals surface area contributed by atoms with E-state index in [4.69, 9.17) is 14.2 Å². The number of ether oxygens (including phenoxy) is 3. The Hall–Kier alpha value is -3.34. The minimum Gasteiger partial charge on any atom is -0.496 e. The van der Waals surface area contributed by atoms with Crippen LogP contribution in [0.15, 0.2) is 67.0 Å². The molecule has 0 fully saturated rings. The lowest BCUT2D eigenvalue weighted by molar-refractivity contribution is 0.0734. The number of hydrogen-bond acceptors (Lipinski definition) is 5. The molecular formula is C21H19NO4. The van der Waals surface area contributed by atoms with Crippen molar-refractivity contribution in [1.29, 1.82) is 0 Å². The topological polar surface area (TPSA) is 57.7 Å². The van der Waals surface area contributed by atoms with Gasteiger partial charge in [0.1, 0.15) is 23.9 Å². The average molecular weight is 349 g/mol. The molecule has 0 aliphatic carbocycles. The van der Waals surface area contributed by atoms with Crippen LogP contribution in [0.4, 0.5) is 0 Å². The Morgan fingerprint density at radius 1 is 0.962 bits per heavy atom. The maximum Gasteiger partial charge on any atom is 0.343 e. The molecule has 0 unspecified atom stereocenters. The third-order valence-electron chi connectivity index (χ3n) is 3.83. The summed E-state index contributed by atoms with van der Waals surface area (Å²) in [4.78, 5) is 16.2. The Kier molecular flexibility index (Phi) is 5.49. The zero-order chi connectivity index (χ0) is 18.4. The molecule has 0 bridgehead atoms. The molecule has 0 saturated heterocycles. The van der Waals surface area contributed by atoms with Crippen molar-refractivity contribution in [2.24, 2.45) is 0 Å². The highest BCUT2D eigenvalue weighted by atomic mass is 16.5. The van der Waals surface area contributed by atoms with Crippen molar-refractivity contribution in [3.63, 3.8) is 0 Å². The van der Waals surface area contributed by atoms with E-state index in [-0.39, 0.29) is 0 Å². The summed E-state index contributed by atoms with van der Waals surface area (Å²) in [5.74, 6) is 1.36. The quantitative estimate of drug-likeness (QED) is 0.493. The zero-order valence-corrected chi connectivity index (χ0v) is 14.6. The van der Waals surface area contributed by atoms with Crippen molar-refractivity contribution >= 4 is 5.97 Å². The van der Waals surface area contributed by atoms with Gasteiger partial charge in [-0.2, -0.15) is 0 Å². The smallest absolute Gasteiger partial charge is 0.343 e. The van der Waals surface area contributed by atoms with Crippen LogP contribution in [0.3, 0.4) is 0 Å². The predicted molar refractivity (Wildman–Crippen MR) is 97.7 cm³/mol. The molecule has 0 saturated carbocycles. The van der Waals surface area contributed by atoms with Gasteiger partial charge in [-0.1, -0.05) is 6.07 Å². The Balaban J connectivity index is 1.61. The molecule has 0 amide bonds. The van der Waals surface area contributed by atoms with Gasteiger partial charge in [-0.3, -0.25) is 4.98 Å². The van der Waals surface area contributed by atoms with Gasteiger partial charge in [-0.05, 0) is 66.6 Å². The lowest BCUT2D eigenvalue weighted by Gasteiger charge is -2.09. The van der Waals surface area contributed by atoms with Gasteiger partial charge in [0.05, 0.1) is 12.7 Å². The fourth-order valence-corrected chi connectivity index (χ4v) is 2.36. The van der Waals surface area contributed by atoms with Crippen LogP contribution in [0.2, 0.25) is 0 Å². The Bertz CT molecular complexity index is 876. The molecule has 2 aromatic carbocycles. The van der Waals surface area contributed by atoms with Gasteiger partial charge in [0.25, 0.3) is 0 Å². The van der Waals surface area contributed by atoms with Crippen LogP contribution in [0.25, 0.3) is 0 Å². The van der Waals surface area contributed by atoms with Crippen LogP contribution in [-0.4, -0.2) is 18.1 Å². The first-order chi connectivity index (χ1) is 12.7. The van der Waals surface area contributed by atoms with Gasteiger partial charge in [0, 0.05) is 12.4 Å². The molecule has 0 atom stereocenters. The summed E-state index contributed by atoms with van der Waals surface area (Å²) in [6, 6.07) is 15.9. The largest absolute Gasteiger partial charge is 0.496 e. The summed E-state index contributed by atoms with van der Waals surface area (Å²) in [5.41, 5.74) is 2.43. The van der Waals surface area contributed by atoms with E-state index in [1.807, 2.05) is 25.1 Å². The fourth-order valence-electron chi connectivity index (χ4n) is 2.36. The highest BCUT2D eigenvalue weighted by Gasteiger charge is 2.11. The number of methoxy groups -OCH3 is 1. The Labute approximate surface area is 152 Å². The molecule has 3 rings (SSSR count). The van der Waals surface area contributed by atoms with Gasteiger partial charge < -0.3 is 14.2 Å². The molecule has 0 aliphatic heterocycles. The standard InChI is InChI=1S/C21H19NO4/c1-15-3-4-17(13-20(15)24-2)21(23)26-19-7-5-18(6-8-19)25-14-16-9-11-22-12-10-16/h3-13H,14H2,1-2H3. The second-order valence-corrected chi connectivity index (χ2v) is 5.69. The third-order valence-corrected chi connectivity index (χ3v) is 3.83. The van der Waals surface area contributed by atoms with Crippen molar-refractivity contribution in [3.8, 4) is 17.2 Å². The van der Waals surface area contributed by atoms with E-state index < -0.39 is 5.97 Å². The van der Waals surface area contributed by atoms with Gasteiger partial charge in [-0.25, -0.2) is 4.79 Å². The number of carbonyl (C=O) groups excluding carboxylic acids is 1. The number of aromatic nitrogens is 1. The summed E-state index contributed by atoms with van der Waals surface area (Å²) >= 11 is 0. The first-order valence-corrected chi connectivity index (χ1v) is 8.14. The summed E-state index contributed by atoms with van der Waals surface area (Å²) in [6.45, 7) is 2.36. The summed E-state index contributed by atoms with van der Waals surface area (Å²) in [5, 5.41) is 0. The Morgan fingerprint density at radius 2 is 1.65 bits per heavy atom. The molecule has 0 spiro atoms. The number of pyridine rings is 1. The molecule has 0 radical (unpaired) electrons. The number of benzene rings is 2. The molecule has 132 valence electrons. The highest BCUT2D eigenvalue weighted by molar-refractivity contribution is 5.91. The lowest BCUT2D eigenvalue weighted by Crippen LogP contribution is -2.08. The van der Waals surface area contributed by atoms with Crippen LogP contribution in [0, 0.1) is 6.92 Å². The number of aryl methyl sites for hydroxylation is 1. The van der Waals surface area contributed by atoms with Crippen LogP contribution < -0.4 is 14.2 Å². The van der Waals surface area contributed by atoms with Crippen molar-refractivity contribution in [2.45, 2.75) is 13.5 Å².